The minimum Gasteiger partial charge on any atom is -0.391 e. The molecule has 1 heterocycles. The Hall–Kier alpha value is -0.610. The third-order valence-corrected chi connectivity index (χ3v) is 2.98. The molecule has 0 fully saturated rings. The summed E-state index contributed by atoms with van der Waals surface area (Å²) in [4.78, 5) is 5.03. The molecule has 0 bridgehead atoms. The second-order valence-corrected chi connectivity index (χ2v) is 4.47. The molecule has 1 atom stereocenters. The number of hydrogen-bond acceptors (Lipinski definition) is 2. The van der Waals surface area contributed by atoms with Gasteiger partial charge in [-0.1, -0.05) is 21.1 Å². The van der Waals surface area contributed by atoms with Crippen molar-refractivity contribution in [2.24, 2.45) is 5.16 Å². The van der Waals surface area contributed by atoms with Gasteiger partial charge in [0.15, 0.2) is 0 Å². The maximum Gasteiger partial charge on any atom is 0.146 e. The van der Waals surface area contributed by atoms with E-state index in [-0.39, 0.29) is 11.9 Å². The average Bonchev–Trinajstić information content (AvgIpc) is 2.66. The lowest BCUT2D eigenvalue weighted by atomic mass is 10.1. The van der Waals surface area contributed by atoms with Gasteiger partial charge < -0.3 is 4.84 Å². The van der Waals surface area contributed by atoms with Crippen molar-refractivity contribution in [2.45, 2.75) is 12.5 Å². The predicted molar refractivity (Wildman–Crippen MR) is 60.8 cm³/mol. The second kappa shape index (κ2) is 4.49. The van der Waals surface area contributed by atoms with E-state index in [2.05, 4.69) is 21.1 Å². The second-order valence-electron chi connectivity index (χ2n) is 3.25. The van der Waals surface area contributed by atoms with E-state index in [1.54, 1.807) is 12.1 Å². The Morgan fingerprint density at radius 2 is 2.40 bits per heavy atom. The average molecular weight is 293 g/mol. The van der Waals surface area contributed by atoms with Crippen LogP contribution in [0.2, 0.25) is 0 Å². The predicted octanol–water partition coefficient (Wildman–Crippen LogP) is 3.32. The summed E-state index contributed by atoms with van der Waals surface area (Å²) in [6.45, 7) is 0. The molecule has 0 saturated heterocycles. The van der Waals surface area contributed by atoms with Crippen LogP contribution in [0.1, 0.15) is 12.0 Å². The largest absolute Gasteiger partial charge is 0.391 e. The van der Waals surface area contributed by atoms with E-state index in [0.717, 1.165) is 0 Å². The number of hydrogen-bond donors (Lipinski definition) is 0. The van der Waals surface area contributed by atoms with Gasteiger partial charge in [-0.25, -0.2) is 4.39 Å². The Morgan fingerprint density at radius 3 is 3.00 bits per heavy atom. The lowest BCUT2D eigenvalue weighted by Gasteiger charge is -2.02. The minimum absolute atomic E-state index is 0.135. The Balaban J connectivity index is 2.24. The molecule has 1 aromatic rings. The zero-order chi connectivity index (χ0) is 10.8. The topological polar surface area (TPSA) is 21.6 Å². The summed E-state index contributed by atoms with van der Waals surface area (Å²) in [5, 5.41) is 3.83. The number of benzene rings is 1. The summed E-state index contributed by atoms with van der Waals surface area (Å²) in [6, 6.07) is 4.86. The van der Waals surface area contributed by atoms with Gasteiger partial charge in [-0.15, -0.1) is 11.6 Å². The van der Waals surface area contributed by atoms with Gasteiger partial charge in [0.05, 0.1) is 11.6 Å². The lowest BCUT2D eigenvalue weighted by molar-refractivity contribution is 0.102. The van der Waals surface area contributed by atoms with Crippen LogP contribution in [0, 0.1) is 5.82 Å². The van der Waals surface area contributed by atoms with Gasteiger partial charge in [-0.2, -0.15) is 0 Å². The van der Waals surface area contributed by atoms with Gasteiger partial charge in [0.25, 0.3) is 0 Å². The fraction of sp³-hybridized carbons (Fsp3) is 0.300. The first-order valence-corrected chi connectivity index (χ1v) is 5.77. The molecule has 2 rings (SSSR count). The quantitative estimate of drug-likeness (QED) is 0.766. The van der Waals surface area contributed by atoms with Gasteiger partial charge >= 0.3 is 0 Å². The van der Waals surface area contributed by atoms with Crippen molar-refractivity contribution in [3.05, 3.63) is 34.1 Å². The highest BCUT2D eigenvalue weighted by molar-refractivity contribution is 9.10. The van der Waals surface area contributed by atoms with Crippen molar-refractivity contribution < 1.29 is 9.23 Å². The molecule has 5 heteroatoms. The molecule has 0 saturated carbocycles. The Bertz CT molecular complexity index is 410. The summed E-state index contributed by atoms with van der Waals surface area (Å²) in [7, 11) is 0. The highest BCUT2D eigenvalue weighted by atomic mass is 79.9. The monoisotopic (exact) mass is 291 g/mol. The summed E-state index contributed by atoms with van der Waals surface area (Å²) in [5.74, 6) is 0.0625. The van der Waals surface area contributed by atoms with E-state index in [4.69, 9.17) is 16.4 Å². The lowest BCUT2D eigenvalue weighted by Crippen LogP contribution is -2.10. The molecule has 80 valence electrons. The highest BCUT2D eigenvalue weighted by Gasteiger charge is 2.23. The number of halogens is 3. The van der Waals surface area contributed by atoms with E-state index >= 15 is 0 Å². The van der Waals surface area contributed by atoms with Gasteiger partial charge in [-0.05, 0) is 18.2 Å². The zero-order valence-corrected chi connectivity index (χ0v) is 10.1. The summed E-state index contributed by atoms with van der Waals surface area (Å²) in [5.41, 5.74) is 1.09. The molecule has 2 nitrogen and oxygen atoms in total. The van der Waals surface area contributed by atoms with Crippen LogP contribution < -0.4 is 0 Å². The third-order valence-electron chi connectivity index (χ3n) is 2.15. The van der Waals surface area contributed by atoms with Crippen molar-refractivity contribution in [1.82, 2.24) is 0 Å². The van der Waals surface area contributed by atoms with Crippen LogP contribution in [-0.2, 0) is 4.84 Å². The summed E-state index contributed by atoms with van der Waals surface area (Å²) in [6.07, 6.45) is 0.423. The standard InChI is InChI=1S/C10H8BrClFNO/c11-6-1-2-8(9(13)3-6)10-4-7(5-12)15-14-10/h1-3,7H,4-5H2. The number of alkyl halides is 1. The molecule has 0 N–H and O–H groups in total. The van der Waals surface area contributed by atoms with Crippen LogP contribution in [0.3, 0.4) is 0 Å². The number of nitrogens with zero attached hydrogens (tertiary/aromatic N) is 1. The Labute approximate surface area is 100 Å². The maximum absolute atomic E-state index is 13.5. The normalized spacial score (nSPS) is 19.9. The summed E-state index contributed by atoms with van der Waals surface area (Å²) < 4.78 is 14.2. The zero-order valence-electron chi connectivity index (χ0n) is 7.71. The van der Waals surface area contributed by atoms with Crippen molar-refractivity contribution in [2.75, 3.05) is 5.88 Å². The van der Waals surface area contributed by atoms with Crippen molar-refractivity contribution >= 4 is 33.2 Å². The van der Waals surface area contributed by atoms with Gasteiger partial charge in [0.1, 0.15) is 11.9 Å². The van der Waals surface area contributed by atoms with Crippen LogP contribution in [0.4, 0.5) is 4.39 Å². The van der Waals surface area contributed by atoms with Crippen molar-refractivity contribution in [3.63, 3.8) is 0 Å². The van der Waals surface area contributed by atoms with Gasteiger partial charge in [-0.3, -0.25) is 0 Å². The van der Waals surface area contributed by atoms with Crippen LogP contribution in [-0.4, -0.2) is 17.7 Å². The van der Waals surface area contributed by atoms with Crippen LogP contribution >= 0.6 is 27.5 Å². The van der Waals surface area contributed by atoms with E-state index < -0.39 is 0 Å². The summed E-state index contributed by atoms with van der Waals surface area (Å²) >= 11 is 8.82. The first-order valence-electron chi connectivity index (χ1n) is 4.45. The molecule has 1 aliphatic heterocycles. The molecular weight excluding hydrogens is 284 g/mol. The Morgan fingerprint density at radius 1 is 1.60 bits per heavy atom. The molecular formula is C10H8BrClFNO. The molecule has 15 heavy (non-hydrogen) atoms. The molecule has 1 aliphatic rings. The maximum atomic E-state index is 13.5. The first kappa shape index (κ1) is 10.9. The van der Waals surface area contributed by atoms with Gasteiger partial charge in [0, 0.05) is 16.5 Å². The van der Waals surface area contributed by atoms with E-state index in [9.17, 15) is 4.39 Å². The fourth-order valence-electron chi connectivity index (χ4n) is 1.39. The minimum atomic E-state index is -0.304. The van der Waals surface area contributed by atoms with Crippen molar-refractivity contribution in [1.29, 1.82) is 0 Å². The van der Waals surface area contributed by atoms with Crippen LogP contribution in [0.5, 0.6) is 0 Å². The van der Waals surface area contributed by atoms with Gasteiger partial charge in [0.2, 0.25) is 0 Å². The first-order chi connectivity index (χ1) is 7.20. The molecule has 0 amide bonds. The smallest absolute Gasteiger partial charge is 0.146 e. The van der Waals surface area contributed by atoms with E-state index in [0.29, 0.717) is 28.0 Å². The van der Waals surface area contributed by atoms with Crippen LogP contribution in [0.25, 0.3) is 0 Å². The fourth-order valence-corrected chi connectivity index (χ4v) is 1.89. The molecule has 1 aromatic carbocycles. The molecule has 0 spiro atoms. The van der Waals surface area contributed by atoms with Crippen LogP contribution in [0.15, 0.2) is 27.8 Å². The Kier molecular flexibility index (Phi) is 3.26. The van der Waals surface area contributed by atoms with Crippen molar-refractivity contribution in [3.8, 4) is 0 Å². The molecule has 0 aliphatic carbocycles. The highest BCUT2D eigenvalue weighted by Crippen LogP contribution is 2.22. The number of oxime groups is 1. The SMILES string of the molecule is Fc1cc(Br)ccc1C1=NOC(CCl)C1. The molecule has 0 aromatic heterocycles. The molecule has 0 radical (unpaired) electrons. The van der Waals surface area contributed by atoms with E-state index in [1.807, 2.05) is 0 Å². The number of rotatable bonds is 2. The molecule has 1 unspecified atom stereocenters. The third kappa shape index (κ3) is 2.32. The van der Waals surface area contributed by atoms with E-state index in [1.165, 1.54) is 6.07 Å².